The molecule has 0 amide bonds. The zero-order chi connectivity index (χ0) is 14.0. The molecular weight excluding hydrogens is 234 g/mol. The maximum absolute atomic E-state index is 10.3. The number of aliphatic hydroxyl groups is 1. The number of hydrogen-bond acceptors (Lipinski definition) is 2. The summed E-state index contributed by atoms with van der Waals surface area (Å²) < 4.78 is 0. The molecule has 0 bridgehead atoms. The predicted octanol–water partition coefficient (Wildman–Crippen LogP) is 3.85. The molecule has 0 unspecified atom stereocenters. The molecule has 0 aliphatic rings. The number of benzene rings is 2. The molecule has 0 fully saturated rings. The summed E-state index contributed by atoms with van der Waals surface area (Å²) in [6.07, 6.45) is -0.682. The van der Waals surface area contributed by atoms with E-state index in [0.29, 0.717) is 0 Å². The Labute approximate surface area is 114 Å². The number of hydrogen-bond donors (Lipinski definition) is 1. The predicted molar refractivity (Wildman–Crippen MR) is 77.8 cm³/mol. The summed E-state index contributed by atoms with van der Waals surface area (Å²) in [4.78, 5) is 0. The highest BCUT2D eigenvalue weighted by Gasteiger charge is 2.31. The first kappa shape index (κ1) is 13.6. The fourth-order valence-corrected chi connectivity index (χ4v) is 2.23. The zero-order valence-electron chi connectivity index (χ0n) is 11.6. The van der Waals surface area contributed by atoms with Crippen LogP contribution in [0.5, 0.6) is 0 Å². The van der Waals surface area contributed by atoms with E-state index in [1.165, 1.54) is 0 Å². The third-order valence-corrected chi connectivity index (χ3v) is 3.47. The third-order valence-electron chi connectivity index (χ3n) is 3.47. The number of rotatable bonds is 2. The fraction of sp³-hybridized carbons (Fsp3) is 0.353. The molecule has 2 atom stereocenters. The second-order valence-corrected chi connectivity index (χ2v) is 6.02. The van der Waals surface area contributed by atoms with Gasteiger partial charge in [0.05, 0.1) is 18.1 Å². The fourth-order valence-electron chi connectivity index (χ4n) is 2.23. The average molecular weight is 253 g/mol. The van der Waals surface area contributed by atoms with Gasteiger partial charge in [-0.2, -0.15) is 5.26 Å². The molecule has 0 heterocycles. The maximum atomic E-state index is 10.3. The van der Waals surface area contributed by atoms with Gasteiger partial charge in [0, 0.05) is 0 Å². The Bertz CT molecular complexity index is 619. The lowest BCUT2D eigenvalue weighted by Crippen LogP contribution is -2.31. The Morgan fingerprint density at radius 1 is 1.05 bits per heavy atom. The summed E-state index contributed by atoms with van der Waals surface area (Å²) in [6, 6.07) is 16.2. The Kier molecular flexibility index (Phi) is 3.59. The van der Waals surface area contributed by atoms with Gasteiger partial charge < -0.3 is 5.11 Å². The van der Waals surface area contributed by atoms with Crippen molar-refractivity contribution in [1.82, 2.24) is 0 Å². The second kappa shape index (κ2) is 5.03. The van der Waals surface area contributed by atoms with Crippen molar-refractivity contribution in [3.05, 3.63) is 48.0 Å². The van der Waals surface area contributed by atoms with E-state index in [9.17, 15) is 10.4 Å². The molecule has 0 aliphatic carbocycles. The molecular formula is C17H19NO. The minimum Gasteiger partial charge on any atom is -0.391 e. The third kappa shape index (κ3) is 2.77. The van der Waals surface area contributed by atoms with Gasteiger partial charge in [-0.25, -0.2) is 0 Å². The molecule has 2 rings (SSSR count). The van der Waals surface area contributed by atoms with E-state index in [-0.39, 0.29) is 5.41 Å². The first-order chi connectivity index (χ1) is 8.93. The van der Waals surface area contributed by atoms with E-state index in [0.717, 1.165) is 16.3 Å². The van der Waals surface area contributed by atoms with Gasteiger partial charge >= 0.3 is 0 Å². The topological polar surface area (TPSA) is 44.0 Å². The first-order valence-corrected chi connectivity index (χ1v) is 6.50. The Morgan fingerprint density at radius 2 is 1.68 bits per heavy atom. The zero-order valence-corrected chi connectivity index (χ0v) is 11.6. The summed E-state index contributed by atoms with van der Waals surface area (Å²) >= 11 is 0. The molecule has 2 heteroatoms. The van der Waals surface area contributed by atoms with Crippen LogP contribution < -0.4 is 0 Å². The summed E-state index contributed by atoms with van der Waals surface area (Å²) in [7, 11) is 0. The Morgan fingerprint density at radius 3 is 2.26 bits per heavy atom. The molecule has 2 aromatic carbocycles. The van der Waals surface area contributed by atoms with Gasteiger partial charge in [-0.05, 0) is 27.8 Å². The average Bonchev–Trinajstić information content (AvgIpc) is 2.38. The van der Waals surface area contributed by atoms with Crippen LogP contribution >= 0.6 is 0 Å². The molecule has 0 radical (unpaired) electrons. The largest absolute Gasteiger partial charge is 0.391 e. The van der Waals surface area contributed by atoms with Crippen molar-refractivity contribution in [2.24, 2.45) is 5.41 Å². The van der Waals surface area contributed by atoms with Crippen molar-refractivity contribution >= 4 is 10.8 Å². The van der Waals surface area contributed by atoms with Crippen LogP contribution in [0.4, 0.5) is 0 Å². The van der Waals surface area contributed by atoms with E-state index in [1.54, 1.807) is 0 Å². The summed E-state index contributed by atoms with van der Waals surface area (Å²) in [5, 5.41) is 22.0. The molecule has 0 aromatic heterocycles. The van der Waals surface area contributed by atoms with E-state index in [1.807, 2.05) is 63.2 Å². The summed E-state index contributed by atoms with van der Waals surface area (Å²) in [5.74, 6) is -0.496. The van der Waals surface area contributed by atoms with Crippen molar-refractivity contribution in [3.8, 4) is 6.07 Å². The summed E-state index contributed by atoms with van der Waals surface area (Å²) in [6.45, 7) is 5.84. The minimum atomic E-state index is -0.682. The highest BCUT2D eigenvalue weighted by Crippen LogP contribution is 2.32. The molecule has 1 N–H and O–H groups in total. The lowest BCUT2D eigenvalue weighted by molar-refractivity contribution is 0.0527. The van der Waals surface area contributed by atoms with Gasteiger partial charge in [-0.3, -0.25) is 0 Å². The van der Waals surface area contributed by atoms with Gasteiger partial charge in [0.2, 0.25) is 0 Å². The molecule has 0 saturated carbocycles. The molecule has 19 heavy (non-hydrogen) atoms. The quantitative estimate of drug-likeness (QED) is 0.883. The van der Waals surface area contributed by atoms with Gasteiger partial charge in [0.25, 0.3) is 0 Å². The van der Waals surface area contributed by atoms with E-state index in [4.69, 9.17) is 0 Å². The standard InChI is InChI=1S/C17H19NO/c1-17(2,3)16(19)15(11-18)14-9-8-12-6-4-5-7-13(12)10-14/h4-10,15-16,19H,1-3H3/t15-,16-/m0/s1. The molecule has 2 nitrogen and oxygen atoms in total. The highest BCUT2D eigenvalue weighted by molar-refractivity contribution is 5.83. The highest BCUT2D eigenvalue weighted by atomic mass is 16.3. The molecule has 2 aromatic rings. The number of nitrogens with zero attached hydrogens (tertiary/aromatic N) is 1. The van der Waals surface area contributed by atoms with E-state index >= 15 is 0 Å². The van der Waals surface area contributed by atoms with Crippen LogP contribution in [0.25, 0.3) is 10.8 Å². The van der Waals surface area contributed by atoms with Crippen molar-refractivity contribution in [3.63, 3.8) is 0 Å². The summed E-state index contributed by atoms with van der Waals surface area (Å²) in [5.41, 5.74) is 0.565. The van der Waals surface area contributed by atoms with Gasteiger partial charge in [-0.1, -0.05) is 57.2 Å². The van der Waals surface area contributed by atoms with Crippen molar-refractivity contribution in [2.75, 3.05) is 0 Å². The molecule has 0 spiro atoms. The van der Waals surface area contributed by atoms with Gasteiger partial charge in [0.1, 0.15) is 0 Å². The Hall–Kier alpha value is -1.85. The van der Waals surface area contributed by atoms with Crippen LogP contribution in [0.2, 0.25) is 0 Å². The van der Waals surface area contributed by atoms with Crippen LogP contribution in [0.1, 0.15) is 32.3 Å². The lowest BCUT2D eigenvalue weighted by Gasteiger charge is -2.29. The Balaban J connectivity index is 2.45. The minimum absolute atomic E-state index is 0.313. The normalized spacial score (nSPS) is 14.9. The SMILES string of the molecule is CC(C)(C)[C@@H](O)[C@@H](C#N)c1ccc2ccccc2c1. The smallest absolute Gasteiger partial charge is 0.0977 e. The molecule has 98 valence electrons. The number of nitriles is 1. The number of aliphatic hydroxyl groups excluding tert-OH is 1. The first-order valence-electron chi connectivity index (χ1n) is 6.50. The van der Waals surface area contributed by atoms with Gasteiger partial charge in [0.15, 0.2) is 0 Å². The van der Waals surface area contributed by atoms with Crippen molar-refractivity contribution < 1.29 is 5.11 Å². The van der Waals surface area contributed by atoms with Crippen molar-refractivity contribution in [2.45, 2.75) is 32.8 Å². The van der Waals surface area contributed by atoms with E-state index < -0.39 is 12.0 Å². The lowest BCUT2D eigenvalue weighted by atomic mass is 9.78. The van der Waals surface area contributed by atoms with Crippen molar-refractivity contribution in [1.29, 1.82) is 5.26 Å². The second-order valence-electron chi connectivity index (χ2n) is 6.02. The van der Waals surface area contributed by atoms with Crippen LogP contribution in [-0.4, -0.2) is 11.2 Å². The van der Waals surface area contributed by atoms with Crippen LogP contribution in [0.15, 0.2) is 42.5 Å². The van der Waals surface area contributed by atoms with Crippen LogP contribution in [0, 0.1) is 16.7 Å². The molecule has 0 aliphatic heterocycles. The van der Waals surface area contributed by atoms with E-state index in [2.05, 4.69) is 6.07 Å². The maximum Gasteiger partial charge on any atom is 0.0977 e. The number of fused-ring (bicyclic) bond motifs is 1. The molecule has 0 saturated heterocycles. The van der Waals surface area contributed by atoms with Crippen LogP contribution in [-0.2, 0) is 0 Å². The van der Waals surface area contributed by atoms with Gasteiger partial charge in [-0.15, -0.1) is 0 Å². The monoisotopic (exact) mass is 253 g/mol. The van der Waals surface area contributed by atoms with Crippen LogP contribution in [0.3, 0.4) is 0 Å².